The number of nitrogens with one attached hydrogen (secondary N) is 2. The van der Waals surface area contributed by atoms with Gasteiger partial charge < -0.3 is 5.32 Å². The number of sulfonamides is 1. The van der Waals surface area contributed by atoms with Gasteiger partial charge in [0.15, 0.2) is 0 Å². The Balaban J connectivity index is 2.12. The maximum atomic E-state index is 12.0. The lowest BCUT2D eigenvalue weighted by Gasteiger charge is -2.07. The van der Waals surface area contributed by atoms with Crippen LogP contribution in [0.4, 0.5) is 10.8 Å². The van der Waals surface area contributed by atoms with Gasteiger partial charge in [-0.2, -0.15) is 0 Å². The van der Waals surface area contributed by atoms with E-state index in [1.807, 2.05) is 0 Å². The Kier molecular flexibility index (Phi) is 4.33. The van der Waals surface area contributed by atoms with Gasteiger partial charge in [-0.15, -0.1) is 10.2 Å². The lowest BCUT2D eigenvalue weighted by Crippen LogP contribution is -2.12. The van der Waals surface area contributed by atoms with Crippen LogP contribution in [0.2, 0.25) is 0 Å². The van der Waals surface area contributed by atoms with E-state index < -0.39 is 10.0 Å². The molecule has 0 spiro atoms. The summed E-state index contributed by atoms with van der Waals surface area (Å²) in [6, 6.07) is 6.59. The minimum atomic E-state index is -3.59. The van der Waals surface area contributed by atoms with Gasteiger partial charge >= 0.3 is 0 Å². The van der Waals surface area contributed by atoms with Crippen molar-refractivity contribution < 1.29 is 8.42 Å². The molecule has 0 aliphatic rings. The Hall–Kier alpha value is -1.67. The normalized spacial score (nSPS) is 11.2. The average Bonchev–Trinajstić information content (AvgIpc) is 2.89. The predicted octanol–water partition coefficient (Wildman–Crippen LogP) is 2.16. The van der Waals surface area contributed by atoms with Crippen molar-refractivity contribution in [3.05, 3.63) is 29.8 Å². The van der Waals surface area contributed by atoms with Crippen molar-refractivity contribution in [2.45, 2.75) is 18.2 Å². The van der Waals surface area contributed by atoms with Gasteiger partial charge in [0, 0.05) is 12.2 Å². The number of nitrogens with zero attached hydrogens (tertiary/aromatic N) is 2. The van der Waals surface area contributed by atoms with Crippen LogP contribution in [0.1, 0.15) is 13.3 Å². The van der Waals surface area contributed by atoms with Crippen molar-refractivity contribution in [2.75, 3.05) is 16.6 Å². The van der Waals surface area contributed by atoms with E-state index in [1.165, 1.54) is 5.51 Å². The van der Waals surface area contributed by atoms with E-state index in [0.29, 0.717) is 0 Å². The molecule has 1 heterocycles. The van der Waals surface area contributed by atoms with Crippen molar-refractivity contribution in [1.29, 1.82) is 0 Å². The van der Waals surface area contributed by atoms with Gasteiger partial charge in [-0.1, -0.05) is 18.3 Å². The molecule has 0 aliphatic carbocycles. The van der Waals surface area contributed by atoms with Crippen molar-refractivity contribution >= 4 is 32.2 Å². The summed E-state index contributed by atoms with van der Waals surface area (Å²) in [7, 11) is -3.59. The highest BCUT2D eigenvalue weighted by Gasteiger charge is 2.15. The molecule has 2 N–H and O–H groups in total. The third-order valence-electron chi connectivity index (χ3n) is 2.33. The first-order chi connectivity index (χ1) is 9.12. The van der Waals surface area contributed by atoms with Crippen LogP contribution in [-0.4, -0.2) is 25.2 Å². The maximum absolute atomic E-state index is 12.0. The van der Waals surface area contributed by atoms with Gasteiger partial charge in [0.05, 0.1) is 4.90 Å². The number of hydrogen-bond donors (Lipinski definition) is 2. The summed E-state index contributed by atoms with van der Waals surface area (Å²) in [5.74, 6) is 0. The summed E-state index contributed by atoms with van der Waals surface area (Å²) < 4.78 is 26.4. The molecule has 19 heavy (non-hydrogen) atoms. The highest BCUT2D eigenvalue weighted by molar-refractivity contribution is 7.93. The van der Waals surface area contributed by atoms with Gasteiger partial charge in [-0.3, -0.25) is 4.72 Å². The van der Waals surface area contributed by atoms with Crippen LogP contribution in [0.3, 0.4) is 0 Å². The second-order valence-electron chi connectivity index (χ2n) is 3.80. The van der Waals surface area contributed by atoms with E-state index >= 15 is 0 Å². The predicted molar refractivity (Wildman–Crippen MR) is 75.9 cm³/mol. The van der Waals surface area contributed by atoms with E-state index in [0.717, 1.165) is 30.0 Å². The number of benzene rings is 1. The van der Waals surface area contributed by atoms with E-state index in [9.17, 15) is 8.42 Å². The second-order valence-corrected chi connectivity index (χ2v) is 6.32. The first-order valence-electron chi connectivity index (χ1n) is 5.75. The lowest BCUT2D eigenvalue weighted by atomic mass is 10.3. The molecule has 6 nitrogen and oxygen atoms in total. The largest absolute Gasteiger partial charge is 0.385 e. The van der Waals surface area contributed by atoms with E-state index in [2.05, 4.69) is 27.2 Å². The van der Waals surface area contributed by atoms with Crippen LogP contribution in [0.15, 0.2) is 34.7 Å². The monoisotopic (exact) mass is 298 g/mol. The van der Waals surface area contributed by atoms with Crippen molar-refractivity contribution in [3.8, 4) is 0 Å². The number of rotatable bonds is 6. The Labute approximate surface area is 115 Å². The molecular weight excluding hydrogens is 284 g/mol. The minimum absolute atomic E-state index is 0.199. The fourth-order valence-corrected chi connectivity index (χ4v) is 3.11. The molecule has 0 amide bonds. The molecule has 2 rings (SSSR count). The molecule has 1 aromatic carbocycles. The molecule has 2 aromatic rings. The van der Waals surface area contributed by atoms with Crippen LogP contribution >= 0.6 is 11.3 Å². The number of anilines is 2. The van der Waals surface area contributed by atoms with Gasteiger partial charge in [-0.25, -0.2) is 8.42 Å². The standard InChI is InChI=1S/C11H14N4O2S2/c1-2-7-12-9-3-5-10(6-4-9)19(16,17)15-11-14-13-8-18-11/h3-6,8,12H,2,7H2,1H3,(H,14,15). The Bertz CT molecular complexity index is 609. The van der Waals surface area contributed by atoms with Crippen molar-refractivity contribution in [3.63, 3.8) is 0 Å². The zero-order valence-corrected chi connectivity index (χ0v) is 12.0. The zero-order chi connectivity index (χ0) is 13.7. The Morgan fingerprint density at radius 1 is 1.26 bits per heavy atom. The fourth-order valence-electron chi connectivity index (χ4n) is 1.41. The van der Waals surface area contributed by atoms with E-state index in [1.54, 1.807) is 24.3 Å². The average molecular weight is 298 g/mol. The van der Waals surface area contributed by atoms with Crippen LogP contribution in [0.5, 0.6) is 0 Å². The Morgan fingerprint density at radius 3 is 2.58 bits per heavy atom. The van der Waals surface area contributed by atoms with Gasteiger partial charge in [-0.05, 0) is 30.7 Å². The van der Waals surface area contributed by atoms with Gasteiger partial charge in [0.2, 0.25) is 5.13 Å². The molecule has 8 heteroatoms. The van der Waals surface area contributed by atoms with Gasteiger partial charge in [0.1, 0.15) is 5.51 Å². The molecular formula is C11H14N4O2S2. The SMILES string of the molecule is CCCNc1ccc(S(=O)(=O)Nc2nncs2)cc1. The van der Waals surface area contributed by atoms with Crippen LogP contribution < -0.4 is 10.0 Å². The molecule has 0 fully saturated rings. The summed E-state index contributed by atoms with van der Waals surface area (Å²) in [4.78, 5) is 0.199. The zero-order valence-electron chi connectivity index (χ0n) is 10.3. The third-order valence-corrected chi connectivity index (χ3v) is 4.42. The quantitative estimate of drug-likeness (QED) is 0.853. The highest BCUT2D eigenvalue weighted by Crippen LogP contribution is 2.18. The van der Waals surface area contributed by atoms with Crippen LogP contribution in [-0.2, 0) is 10.0 Å². The summed E-state index contributed by atoms with van der Waals surface area (Å²) >= 11 is 1.13. The molecule has 0 radical (unpaired) electrons. The van der Waals surface area contributed by atoms with E-state index in [-0.39, 0.29) is 10.0 Å². The molecule has 102 valence electrons. The summed E-state index contributed by atoms with van der Waals surface area (Å²) in [5.41, 5.74) is 2.37. The summed E-state index contributed by atoms with van der Waals surface area (Å²) in [6.07, 6.45) is 1.01. The molecule has 0 bridgehead atoms. The third kappa shape index (κ3) is 3.65. The van der Waals surface area contributed by atoms with Crippen molar-refractivity contribution in [2.24, 2.45) is 0 Å². The van der Waals surface area contributed by atoms with Crippen LogP contribution in [0.25, 0.3) is 0 Å². The summed E-state index contributed by atoms with van der Waals surface area (Å²) in [5, 5.41) is 10.7. The summed E-state index contributed by atoms with van der Waals surface area (Å²) in [6.45, 7) is 2.92. The highest BCUT2D eigenvalue weighted by atomic mass is 32.2. The molecule has 0 aliphatic heterocycles. The number of hydrogen-bond acceptors (Lipinski definition) is 6. The first kappa shape index (κ1) is 13.8. The minimum Gasteiger partial charge on any atom is -0.385 e. The molecule has 0 atom stereocenters. The Morgan fingerprint density at radius 2 is 2.00 bits per heavy atom. The number of aromatic nitrogens is 2. The second kappa shape index (κ2) is 5.98. The van der Waals surface area contributed by atoms with Crippen LogP contribution in [0, 0.1) is 0 Å². The molecule has 0 saturated heterocycles. The van der Waals surface area contributed by atoms with Crippen molar-refractivity contribution in [1.82, 2.24) is 10.2 Å². The topological polar surface area (TPSA) is 84.0 Å². The molecule has 0 unspecified atom stereocenters. The smallest absolute Gasteiger partial charge is 0.263 e. The first-order valence-corrected chi connectivity index (χ1v) is 8.11. The lowest BCUT2D eigenvalue weighted by molar-refractivity contribution is 0.601. The fraction of sp³-hybridized carbons (Fsp3) is 0.273. The van der Waals surface area contributed by atoms with Gasteiger partial charge in [0.25, 0.3) is 10.0 Å². The maximum Gasteiger partial charge on any atom is 0.263 e. The molecule has 0 saturated carbocycles. The molecule has 1 aromatic heterocycles. The van der Waals surface area contributed by atoms with E-state index in [4.69, 9.17) is 0 Å².